The number of aromatic nitrogens is 2. The lowest BCUT2D eigenvalue weighted by Gasteiger charge is -2.27. The van der Waals surface area contributed by atoms with Crippen LogP contribution in [-0.4, -0.2) is 41.8 Å². The molecule has 3 heterocycles. The molecule has 162 valence electrons. The van der Waals surface area contributed by atoms with E-state index in [-0.39, 0.29) is 0 Å². The van der Waals surface area contributed by atoms with Crippen LogP contribution < -0.4 is 16.4 Å². The monoisotopic (exact) mass is 449 g/mol. The van der Waals surface area contributed by atoms with Crippen LogP contribution in [0.25, 0.3) is 11.1 Å². The molecule has 1 aliphatic carbocycles. The summed E-state index contributed by atoms with van der Waals surface area (Å²) in [5.74, 6) is 1.41. The molecule has 2 aromatic heterocycles. The zero-order chi connectivity index (χ0) is 20.9. The topological polar surface area (TPSA) is 85.1 Å². The van der Waals surface area contributed by atoms with Crippen molar-refractivity contribution in [3.8, 4) is 11.1 Å². The number of hydrogen-bond donors (Lipinski definition) is 3. The SMILES string of the molecule is NC1CCC(Nc2cc(-c3cc(NCC4CCOCC4)cnc3Cl)c(Cl)cn2)CC1. The van der Waals surface area contributed by atoms with Crippen LogP contribution in [0, 0.1) is 5.92 Å². The lowest BCUT2D eigenvalue weighted by Crippen LogP contribution is -2.33. The van der Waals surface area contributed by atoms with Crippen LogP contribution in [0.1, 0.15) is 38.5 Å². The standard InChI is InChI=1S/C22H29Cl2N5O/c23-20-13-27-21(29-16-3-1-15(25)2-4-16)10-18(20)19-9-17(12-28-22(19)24)26-11-14-5-7-30-8-6-14/h9-10,12-16,26H,1-8,11,25H2,(H,27,29). The number of halogens is 2. The number of nitrogens with zero attached hydrogens (tertiary/aromatic N) is 2. The third-order valence-electron chi connectivity index (χ3n) is 6.04. The lowest BCUT2D eigenvalue weighted by atomic mass is 9.92. The summed E-state index contributed by atoms with van der Waals surface area (Å²) in [5, 5.41) is 8.00. The predicted molar refractivity (Wildman–Crippen MR) is 123 cm³/mol. The highest BCUT2D eigenvalue weighted by atomic mass is 35.5. The minimum absolute atomic E-state index is 0.318. The largest absolute Gasteiger partial charge is 0.384 e. The number of ether oxygens (including phenoxy) is 1. The van der Waals surface area contributed by atoms with Gasteiger partial charge in [0.1, 0.15) is 11.0 Å². The zero-order valence-electron chi connectivity index (χ0n) is 17.0. The molecule has 4 N–H and O–H groups in total. The van der Waals surface area contributed by atoms with Gasteiger partial charge in [0.2, 0.25) is 0 Å². The average molecular weight is 450 g/mol. The molecule has 0 aromatic carbocycles. The van der Waals surface area contributed by atoms with Crippen LogP contribution in [-0.2, 0) is 4.74 Å². The maximum Gasteiger partial charge on any atom is 0.137 e. The van der Waals surface area contributed by atoms with Crippen molar-refractivity contribution in [2.45, 2.75) is 50.6 Å². The summed E-state index contributed by atoms with van der Waals surface area (Å²) in [6.45, 7) is 2.57. The summed E-state index contributed by atoms with van der Waals surface area (Å²) < 4.78 is 5.44. The molecule has 1 saturated heterocycles. The van der Waals surface area contributed by atoms with Gasteiger partial charge in [-0.1, -0.05) is 23.2 Å². The van der Waals surface area contributed by atoms with E-state index in [1.807, 2.05) is 12.1 Å². The van der Waals surface area contributed by atoms with Crippen molar-refractivity contribution < 1.29 is 4.74 Å². The van der Waals surface area contributed by atoms with Crippen molar-refractivity contribution in [2.24, 2.45) is 11.7 Å². The average Bonchev–Trinajstić information content (AvgIpc) is 2.77. The maximum absolute atomic E-state index is 6.49. The molecule has 0 spiro atoms. The van der Waals surface area contributed by atoms with E-state index in [1.165, 1.54) is 0 Å². The first-order chi connectivity index (χ1) is 14.6. The van der Waals surface area contributed by atoms with Crippen LogP contribution in [0.2, 0.25) is 10.2 Å². The van der Waals surface area contributed by atoms with Crippen molar-refractivity contribution >= 4 is 34.7 Å². The van der Waals surface area contributed by atoms with Gasteiger partial charge in [-0.15, -0.1) is 0 Å². The van der Waals surface area contributed by atoms with Gasteiger partial charge in [0.05, 0.1) is 16.9 Å². The zero-order valence-corrected chi connectivity index (χ0v) is 18.6. The first kappa shape index (κ1) is 21.6. The molecule has 1 saturated carbocycles. The molecule has 2 fully saturated rings. The van der Waals surface area contributed by atoms with Crippen LogP contribution in [0.4, 0.5) is 11.5 Å². The van der Waals surface area contributed by atoms with Crippen LogP contribution in [0.15, 0.2) is 24.5 Å². The van der Waals surface area contributed by atoms with E-state index in [2.05, 4.69) is 20.6 Å². The molecule has 30 heavy (non-hydrogen) atoms. The smallest absolute Gasteiger partial charge is 0.137 e. The minimum atomic E-state index is 0.318. The fourth-order valence-corrected chi connectivity index (χ4v) is 4.55. The van der Waals surface area contributed by atoms with Crippen LogP contribution >= 0.6 is 23.2 Å². The Morgan fingerprint density at radius 3 is 2.50 bits per heavy atom. The van der Waals surface area contributed by atoms with Crippen LogP contribution in [0.3, 0.4) is 0 Å². The third-order valence-corrected chi connectivity index (χ3v) is 6.65. The van der Waals surface area contributed by atoms with Crippen molar-refractivity contribution in [3.05, 3.63) is 34.7 Å². The van der Waals surface area contributed by atoms with Crippen molar-refractivity contribution in [2.75, 3.05) is 30.4 Å². The molecular formula is C22H29Cl2N5O. The Kier molecular flexibility index (Phi) is 7.31. The molecule has 8 heteroatoms. The summed E-state index contributed by atoms with van der Waals surface area (Å²) in [7, 11) is 0. The molecule has 2 aromatic rings. The molecule has 2 aliphatic rings. The molecule has 6 nitrogen and oxygen atoms in total. The maximum atomic E-state index is 6.49. The molecule has 1 aliphatic heterocycles. The number of pyridine rings is 2. The number of nitrogens with two attached hydrogens (primary N) is 1. The van der Waals surface area contributed by atoms with Crippen molar-refractivity contribution in [1.82, 2.24) is 9.97 Å². The highest BCUT2D eigenvalue weighted by molar-refractivity contribution is 6.36. The van der Waals surface area contributed by atoms with Gasteiger partial charge in [0, 0.05) is 49.2 Å². The fourth-order valence-electron chi connectivity index (χ4n) is 4.14. The van der Waals surface area contributed by atoms with Gasteiger partial charge in [0.15, 0.2) is 0 Å². The Morgan fingerprint density at radius 1 is 0.967 bits per heavy atom. The normalized spacial score (nSPS) is 22.6. The van der Waals surface area contributed by atoms with Gasteiger partial charge in [-0.2, -0.15) is 0 Å². The van der Waals surface area contributed by atoms with Gasteiger partial charge in [-0.3, -0.25) is 0 Å². The van der Waals surface area contributed by atoms with E-state index in [4.69, 9.17) is 33.7 Å². The molecule has 0 atom stereocenters. The van der Waals surface area contributed by atoms with E-state index < -0.39 is 0 Å². The van der Waals surface area contributed by atoms with E-state index >= 15 is 0 Å². The molecule has 0 bridgehead atoms. The van der Waals surface area contributed by atoms with Gasteiger partial charge < -0.3 is 21.1 Å². The minimum Gasteiger partial charge on any atom is -0.384 e. The van der Waals surface area contributed by atoms with Crippen molar-refractivity contribution in [3.63, 3.8) is 0 Å². The summed E-state index contributed by atoms with van der Waals surface area (Å²) >= 11 is 12.9. The fraction of sp³-hybridized carbons (Fsp3) is 0.545. The number of rotatable bonds is 6. The quantitative estimate of drug-likeness (QED) is 0.539. The van der Waals surface area contributed by atoms with Gasteiger partial charge in [-0.25, -0.2) is 9.97 Å². The van der Waals surface area contributed by atoms with E-state index in [1.54, 1.807) is 12.4 Å². The molecule has 0 amide bonds. The summed E-state index contributed by atoms with van der Waals surface area (Å²) in [6.07, 6.45) is 9.78. The third kappa shape index (κ3) is 5.55. The van der Waals surface area contributed by atoms with E-state index in [9.17, 15) is 0 Å². The summed E-state index contributed by atoms with van der Waals surface area (Å²) in [6, 6.07) is 4.67. The van der Waals surface area contributed by atoms with Crippen molar-refractivity contribution in [1.29, 1.82) is 0 Å². The molecular weight excluding hydrogens is 421 g/mol. The van der Waals surface area contributed by atoms with E-state index in [0.29, 0.717) is 28.2 Å². The Morgan fingerprint density at radius 2 is 1.73 bits per heavy atom. The lowest BCUT2D eigenvalue weighted by molar-refractivity contribution is 0.0699. The van der Waals surface area contributed by atoms with Gasteiger partial charge >= 0.3 is 0 Å². The number of hydrogen-bond acceptors (Lipinski definition) is 6. The second kappa shape index (κ2) is 10.1. The van der Waals surface area contributed by atoms with Crippen LogP contribution in [0.5, 0.6) is 0 Å². The molecule has 4 rings (SSSR count). The first-order valence-electron chi connectivity index (χ1n) is 10.7. The van der Waals surface area contributed by atoms with E-state index in [0.717, 1.165) is 80.9 Å². The Balaban J connectivity index is 1.49. The predicted octanol–water partition coefficient (Wildman–Crippen LogP) is 4.97. The highest BCUT2D eigenvalue weighted by Crippen LogP contribution is 2.35. The summed E-state index contributed by atoms with van der Waals surface area (Å²) in [4.78, 5) is 8.84. The highest BCUT2D eigenvalue weighted by Gasteiger charge is 2.20. The molecule has 0 radical (unpaired) electrons. The summed E-state index contributed by atoms with van der Waals surface area (Å²) in [5.41, 5.74) is 8.58. The first-order valence-corrected chi connectivity index (χ1v) is 11.5. The second-order valence-electron chi connectivity index (χ2n) is 8.30. The Bertz CT molecular complexity index is 851. The number of anilines is 2. The second-order valence-corrected chi connectivity index (χ2v) is 9.07. The molecule has 0 unspecified atom stereocenters. The Hall–Kier alpha value is -1.60. The van der Waals surface area contributed by atoms with Gasteiger partial charge in [0.25, 0.3) is 0 Å². The number of nitrogens with one attached hydrogen (secondary N) is 2. The van der Waals surface area contributed by atoms with Gasteiger partial charge in [-0.05, 0) is 56.6 Å². The Labute approximate surface area is 187 Å².